The van der Waals surface area contributed by atoms with E-state index < -0.39 is 0 Å². The van der Waals surface area contributed by atoms with Gasteiger partial charge in [-0.3, -0.25) is 0 Å². The van der Waals surface area contributed by atoms with Gasteiger partial charge in [-0.25, -0.2) is 4.98 Å². The van der Waals surface area contributed by atoms with Gasteiger partial charge in [-0.15, -0.1) is 0 Å². The minimum absolute atomic E-state index is 0.340. The van der Waals surface area contributed by atoms with Crippen LogP contribution >= 0.6 is 0 Å². The van der Waals surface area contributed by atoms with Crippen molar-refractivity contribution in [1.29, 1.82) is 5.26 Å². The summed E-state index contributed by atoms with van der Waals surface area (Å²) in [6.07, 6.45) is 2.75. The summed E-state index contributed by atoms with van der Waals surface area (Å²) in [5, 5.41) is 9.43. The zero-order valence-electron chi connectivity index (χ0n) is 12.0. The Hall–Kier alpha value is -2.34. The first-order valence-electron chi connectivity index (χ1n) is 6.99. The van der Waals surface area contributed by atoms with E-state index in [1.165, 1.54) is 0 Å². The number of benzene rings is 1. The van der Waals surface area contributed by atoms with Gasteiger partial charge in [0.25, 0.3) is 0 Å². The van der Waals surface area contributed by atoms with E-state index in [1.54, 1.807) is 0 Å². The first-order chi connectivity index (χ1) is 9.72. The molecule has 0 fully saturated rings. The van der Waals surface area contributed by atoms with Crippen LogP contribution < -0.4 is 5.73 Å². The van der Waals surface area contributed by atoms with E-state index in [2.05, 4.69) is 24.9 Å². The molecule has 0 atom stereocenters. The molecule has 2 N–H and O–H groups in total. The Labute approximate surface area is 120 Å². The SMILES string of the molecule is CCCc1nc(N)c(C#N)c(-c2ccccc2)c1CC. The van der Waals surface area contributed by atoms with Crippen molar-refractivity contribution in [1.82, 2.24) is 4.98 Å². The van der Waals surface area contributed by atoms with Crippen molar-refractivity contribution in [2.45, 2.75) is 33.1 Å². The van der Waals surface area contributed by atoms with Gasteiger partial charge in [0.15, 0.2) is 0 Å². The maximum absolute atomic E-state index is 9.43. The Morgan fingerprint density at radius 2 is 1.90 bits per heavy atom. The summed E-state index contributed by atoms with van der Waals surface area (Å²) in [4.78, 5) is 4.45. The van der Waals surface area contributed by atoms with Crippen molar-refractivity contribution in [3.05, 3.63) is 47.2 Å². The van der Waals surface area contributed by atoms with Crippen LogP contribution in [0.1, 0.15) is 37.1 Å². The van der Waals surface area contributed by atoms with Crippen LogP contribution in [-0.2, 0) is 12.8 Å². The number of rotatable bonds is 4. The van der Waals surface area contributed by atoms with Crippen LogP contribution in [0.15, 0.2) is 30.3 Å². The lowest BCUT2D eigenvalue weighted by Gasteiger charge is -2.16. The second-order valence-electron chi connectivity index (χ2n) is 4.75. The molecule has 0 aliphatic heterocycles. The van der Waals surface area contributed by atoms with Crippen molar-refractivity contribution in [3.63, 3.8) is 0 Å². The predicted octanol–water partition coefficient (Wildman–Crippen LogP) is 3.72. The van der Waals surface area contributed by atoms with Gasteiger partial charge in [0.1, 0.15) is 17.5 Å². The number of nitrogen functional groups attached to an aromatic ring is 1. The highest BCUT2D eigenvalue weighted by Gasteiger charge is 2.18. The van der Waals surface area contributed by atoms with Crippen molar-refractivity contribution in [2.24, 2.45) is 0 Å². The maximum atomic E-state index is 9.43. The highest BCUT2D eigenvalue weighted by atomic mass is 14.9. The number of anilines is 1. The number of nitrogens with zero attached hydrogens (tertiary/aromatic N) is 2. The third kappa shape index (κ3) is 2.50. The molecule has 0 radical (unpaired) electrons. The molecule has 2 aromatic rings. The van der Waals surface area contributed by atoms with Crippen molar-refractivity contribution in [2.75, 3.05) is 5.73 Å². The first-order valence-corrected chi connectivity index (χ1v) is 6.99. The van der Waals surface area contributed by atoms with Gasteiger partial charge in [0.05, 0.1) is 0 Å². The summed E-state index contributed by atoms with van der Waals surface area (Å²) in [5.41, 5.74) is 10.6. The van der Waals surface area contributed by atoms with E-state index >= 15 is 0 Å². The highest BCUT2D eigenvalue weighted by Crippen LogP contribution is 2.32. The molecule has 2 rings (SSSR count). The number of nitriles is 1. The molecule has 0 spiro atoms. The first kappa shape index (κ1) is 14.1. The highest BCUT2D eigenvalue weighted by molar-refractivity contribution is 5.79. The summed E-state index contributed by atoms with van der Waals surface area (Å²) in [5.74, 6) is 0.340. The maximum Gasteiger partial charge on any atom is 0.142 e. The van der Waals surface area contributed by atoms with Gasteiger partial charge < -0.3 is 5.73 Å². The normalized spacial score (nSPS) is 10.2. The number of nitrogens with two attached hydrogens (primary N) is 1. The van der Waals surface area contributed by atoms with E-state index in [0.29, 0.717) is 11.4 Å². The van der Waals surface area contributed by atoms with Crippen LogP contribution in [0.4, 0.5) is 5.82 Å². The monoisotopic (exact) mass is 265 g/mol. The van der Waals surface area contributed by atoms with Gasteiger partial charge in [0.2, 0.25) is 0 Å². The van der Waals surface area contributed by atoms with Crippen LogP contribution in [0.3, 0.4) is 0 Å². The lowest BCUT2D eigenvalue weighted by atomic mass is 9.91. The summed E-state index contributed by atoms with van der Waals surface area (Å²) in [6, 6.07) is 12.2. The van der Waals surface area contributed by atoms with Gasteiger partial charge in [0, 0.05) is 11.3 Å². The largest absolute Gasteiger partial charge is 0.383 e. The van der Waals surface area contributed by atoms with Gasteiger partial charge in [-0.2, -0.15) is 5.26 Å². The average Bonchev–Trinajstić information content (AvgIpc) is 2.48. The van der Waals surface area contributed by atoms with Crippen LogP contribution in [0.25, 0.3) is 11.1 Å². The lowest BCUT2D eigenvalue weighted by molar-refractivity contribution is 0.860. The Bertz CT molecular complexity index is 640. The zero-order valence-corrected chi connectivity index (χ0v) is 12.0. The molecule has 0 bridgehead atoms. The Balaban J connectivity index is 2.78. The van der Waals surface area contributed by atoms with Gasteiger partial charge >= 0.3 is 0 Å². The molecule has 102 valence electrons. The molecule has 20 heavy (non-hydrogen) atoms. The summed E-state index contributed by atoms with van der Waals surface area (Å²) in [6.45, 7) is 4.22. The van der Waals surface area contributed by atoms with Crippen LogP contribution in [0, 0.1) is 11.3 Å². The molecule has 0 aliphatic rings. The Morgan fingerprint density at radius 1 is 1.20 bits per heavy atom. The van der Waals surface area contributed by atoms with Crippen LogP contribution in [0.2, 0.25) is 0 Å². The number of hydrogen-bond donors (Lipinski definition) is 1. The summed E-state index contributed by atoms with van der Waals surface area (Å²) < 4.78 is 0. The molecular formula is C17H19N3. The standard InChI is InChI=1S/C17H19N3/c1-3-8-15-13(4-2)16(12-9-6-5-7-10-12)14(11-18)17(19)20-15/h5-7,9-10H,3-4,8H2,1-2H3,(H2,19,20). The Kier molecular flexibility index (Phi) is 4.37. The minimum atomic E-state index is 0.340. The second-order valence-corrected chi connectivity index (χ2v) is 4.75. The number of hydrogen-bond acceptors (Lipinski definition) is 3. The van der Waals surface area contributed by atoms with Crippen molar-refractivity contribution < 1.29 is 0 Å². The average molecular weight is 265 g/mol. The fraction of sp³-hybridized carbons (Fsp3) is 0.294. The van der Waals surface area contributed by atoms with Gasteiger partial charge in [-0.05, 0) is 24.0 Å². The molecule has 0 unspecified atom stereocenters. The van der Waals surface area contributed by atoms with Crippen LogP contribution in [0.5, 0.6) is 0 Å². The molecule has 3 heteroatoms. The van der Waals surface area contributed by atoms with Crippen molar-refractivity contribution >= 4 is 5.82 Å². The number of pyridine rings is 1. The molecular weight excluding hydrogens is 246 g/mol. The molecule has 0 amide bonds. The van der Waals surface area contributed by atoms with E-state index in [0.717, 1.165) is 41.6 Å². The van der Waals surface area contributed by atoms with Gasteiger partial charge in [-0.1, -0.05) is 50.6 Å². The fourth-order valence-corrected chi connectivity index (χ4v) is 2.55. The van der Waals surface area contributed by atoms with Crippen LogP contribution in [-0.4, -0.2) is 4.98 Å². The molecule has 0 saturated heterocycles. The van der Waals surface area contributed by atoms with E-state index in [-0.39, 0.29) is 0 Å². The van der Waals surface area contributed by atoms with E-state index in [9.17, 15) is 5.26 Å². The molecule has 0 aliphatic carbocycles. The molecule has 1 aromatic carbocycles. The number of aryl methyl sites for hydroxylation is 1. The van der Waals surface area contributed by atoms with E-state index in [4.69, 9.17) is 5.73 Å². The Morgan fingerprint density at radius 3 is 2.45 bits per heavy atom. The quantitative estimate of drug-likeness (QED) is 0.916. The predicted molar refractivity (Wildman–Crippen MR) is 82.2 cm³/mol. The van der Waals surface area contributed by atoms with E-state index in [1.807, 2.05) is 30.3 Å². The minimum Gasteiger partial charge on any atom is -0.383 e. The topological polar surface area (TPSA) is 62.7 Å². The lowest BCUT2D eigenvalue weighted by Crippen LogP contribution is -2.07. The summed E-state index contributed by atoms with van der Waals surface area (Å²) in [7, 11) is 0. The smallest absolute Gasteiger partial charge is 0.142 e. The number of aromatic nitrogens is 1. The third-order valence-corrected chi connectivity index (χ3v) is 3.43. The molecule has 0 saturated carbocycles. The molecule has 1 aromatic heterocycles. The van der Waals surface area contributed by atoms with Crippen molar-refractivity contribution in [3.8, 4) is 17.2 Å². The molecule has 1 heterocycles. The zero-order chi connectivity index (χ0) is 14.5. The summed E-state index contributed by atoms with van der Waals surface area (Å²) >= 11 is 0. The fourth-order valence-electron chi connectivity index (χ4n) is 2.55. The molecule has 3 nitrogen and oxygen atoms in total. The second kappa shape index (κ2) is 6.21. The third-order valence-electron chi connectivity index (χ3n) is 3.43.